The Morgan fingerprint density at radius 1 is 1.20 bits per heavy atom. The van der Waals surface area contributed by atoms with Crippen LogP contribution < -0.4 is 0 Å². The Morgan fingerprint density at radius 3 is 2.52 bits per heavy atom. The minimum absolute atomic E-state index is 0.454. The number of aliphatic hydroxyl groups excluding tert-OH is 3. The number of ether oxygens (including phenoxy) is 3. The number of carbonyl (C=O) groups is 1. The monoisotopic (exact) mass is 356 g/mol. The summed E-state index contributed by atoms with van der Waals surface area (Å²) in [5.74, 6) is -0.735. The van der Waals surface area contributed by atoms with E-state index in [1.54, 1.807) is 0 Å². The van der Waals surface area contributed by atoms with E-state index in [1.807, 2.05) is 0 Å². The van der Waals surface area contributed by atoms with Crippen LogP contribution in [0.1, 0.15) is 25.7 Å². The number of carbonyl (C=O) groups excluding carboxylic acids is 1. The first-order chi connectivity index (χ1) is 12.0. The number of nitrogens with zero attached hydrogens (tertiary/aromatic N) is 2. The Hall–Kier alpha value is -1.23. The third kappa shape index (κ3) is 2.42. The van der Waals surface area contributed by atoms with Crippen LogP contribution in [0, 0.1) is 0 Å². The molecule has 1 unspecified atom stereocenters. The molecule has 0 aromatic rings. The zero-order valence-corrected chi connectivity index (χ0v) is 14.1. The Labute approximate surface area is 145 Å². The normalized spacial score (nSPS) is 38.8. The van der Waals surface area contributed by atoms with Gasteiger partial charge in [-0.05, 0) is 18.9 Å². The van der Waals surface area contributed by atoms with Gasteiger partial charge in [0.05, 0.1) is 13.2 Å². The third-order valence-electron chi connectivity index (χ3n) is 5.66. The lowest BCUT2D eigenvalue weighted by Crippen LogP contribution is -2.54. The molecule has 2 amide bonds. The highest BCUT2D eigenvalue weighted by atomic mass is 16.8. The molecule has 0 radical (unpaired) electrons. The van der Waals surface area contributed by atoms with Crippen LogP contribution in [0.3, 0.4) is 0 Å². The zero-order valence-electron chi connectivity index (χ0n) is 14.1. The van der Waals surface area contributed by atoms with Gasteiger partial charge in [0.25, 0.3) is 0 Å². The molecule has 9 heteroatoms. The second-order valence-electron chi connectivity index (χ2n) is 7.18. The molecule has 9 nitrogen and oxygen atoms in total. The maximum atomic E-state index is 12.6. The molecule has 140 valence electrons. The summed E-state index contributed by atoms with van der Waals surface area (Å²) in [6.07, 6.45) is 3.16. The molecule has 1 saturated carbocycles. The second kappa shape index (κ2) is 5.90. The quantitative estimate of drug-likeness (QED) is 0.614. The van der Waals surface area contributed by atoms with Gasteiger partial charge in [-0.1, -0.05) is 0 Å². The minimum Gasteiger partial charge on any atom is -0.393 e. The van der Waals surface area contributed by atoms with E-state index in [1.165, 1.54) is 24.2 Å². The molecule has 4 rings (SSSR count). The van der Waals surface area contributed by atoms with E-state index in [0.717, 1.165) is 30.6 Å². The first-order valence-electron chi connectivity index (χ1n) is 8.62. The van der Waals surface area contributed by atoms with Gasteiger partial charge in [0.15, 0.2) is 18.2 Å². The summed E-state index contributed by atoms with van der Waals surface area (Å²) in [5.41, 5.74) is -1.34. The molecule has 1 aliphatic carbocycles. The molecule has 25 heavy (non-hydrogen) atoms. The van der Waals surface area contributed by atoms with Crippen molar-refractivity contribution in [3.63, 3.8) is 0 Å². The Bertz CT molecular complexity index is 573. The number of rotatable bonds is 3. The lowest BCUT2D eigenvalue weighted by atomic mass is 9.97. The standard InChI is InChI=1S/C16H24N2O7/c1-17-10(21)4-7-18(14(17)22)13-11-12(15(8-19,9-20)25-13)24-16(23-11)5-2-3-6-16/h4,7,10-13,19-21H,2-3,5-6,8-9H2,1H3/t10?,11-,12+,13-/m1/s1. The number of hydrogen-bond acceptors (Lipinski definition) is 7. The van der Waals surface area contributed by atoms with Gasteiger partial charge in [0.1, 0.15) is 17.8 Å². The van der Waals surface area contributed by atoms with Crippen LogP contribution in [-0.2, 0) is 14.2 Å². The number of likely N-dealkylation sites (N-methyl/N-ethyl adjacent to an activating group) is 1. The molecule has 3 aliphatic heterocycles. The fourth-order valence-electron chi connectivity index (χ4n) is 4.15. The highest BCUT2D eigenvalue weighted by Gasteiger charge is 2.66. The largest absolute Gasteiger partial charge is 0.393 e. The second-order valence-corrected chi connectivity index (χ2v) is 7.18. The fourth-order valence-corrected chi connectivity index (χ4v) is 4.15. The third-order valence-corrected chi connectivity index (χ3v) is 5.66. The molecule has 3 N–H and O–H groups in total. The molecule has 0 aromatic carbocycles. The molecule has 0 bridgehead atoms. The van der Waals surface area contributed by atoms with E-state index >= 15 is 0 Å². The van der Waals surface area contributed by atoms with Crippen molar-refractivity contribution in [2.75, 3.05) is 20.3 Å². The molecule has 3 heterocycles. The van der Waals surface area contributed by atoms with Crippen molar-refractivity contribution in [3.05, 3.63) is 12.3 Å². The molecule has 4 aliphatic rings. The van der Waals surface area contributed by atoms with E-state index in [4.69, 9.17) is 14.2 Å². The zero-order chi connectivity index (χ0) is 17.8. The SMILES string of the molecule is CN1C(=O)N([C@@H]2OC(CO)(CO)[C@H]3OC4(CCCC4)O[C@@H]23)C=CC1O. The average Bonchev–Trinajstić information content (AvgIpc) is 3.29. The van der Waals surface area contributed by atoms with E-state index in [2.05, 4.69) is 0 Å². The van der Waals surface area contributed by atoms with Crippen molar-refractivity contribution < 1.29 is 34.3 Å². The van der Waals surface area contributed by atoms with E-state index in [0.29, 0.717) is 0 Å². The summed E-state index contributed by atoms with van der Waals surface area (Å²) < 4.78 is 18.2. The average molecular weight is 356 g/mol. The van der Waals surface area contributed by atoms with E-state index < -0.39 is 55.3 Å². The lowest BCUT2D eigenvalue weighted by Gasteiger charge is -2.38. The maximum absolute atomic E-state index is 12.6. The predicted octanol–water partition coefficient (Wildman–Crippen LogP) is -0.680. The van der Waals surface area contributed by atoms with Gasteiger partial charge in [-0.2, -0.15) is 0 Å². The highest BCUT2D eigenvalue weighted by Crippen LogP contribution is 2.50. The summed E-state index contributed by atoms with van der Waals surface area (Å²) in [7, 11) is 1.48. The van der Waals surface area contributed by atoms with Crippen LogP contribution in [0.25, 0.3) is 0 Å². The summed E-state index contributed by atoms with van der Waals surface area (Å²) in [5, 5.41) is 29.5. The number of urea groups is 1. The van der Waals surface area contributed by atoms with Crippen molar-refractivity contribution in [2.45, 2.75) is 61.7 Å². The van der Waals surface area contributed by atoms with Crippen molar-refractivity contribution in [3.8, 4) is 0 Å². The van der Waals surface area contributed by atoms with Crippen LogP contribution in [0.2, 0.25) is 0 Å². The van der Waals surface area contributed by atoms with Gasteiger partial charge in [-0.3, -0.25) is 9.80 Å². The summed E-state index contributed by atoms with van der Waals surface area (Å²) in [6.45, 7) is -0.907. The Morgan fingerprint density at radius 2 is 1.88 bits per heavy atom. The number of fused-ring (bicyclic) bond motifs is 1. The number of amides is 2. The van der Waals surface area contributed by atoms with Crippen LogP contribution in [0.4, 0.5) is 4.79 Å². The first kappa shape index (κ1) is 17.2. The van der Waals surface area contributed by atoms with Gasteiger partial charge in [0, 0.05) is 26.1 Å². The van der Waals surface area contributed by atoms with Gasteiger partial charge in [-0.15, -0.1) is 0 Å². The summed E-state index contributed by atoms with van der Waals surface area (Å²) >= 11 is 0. The fraction of sp³-hybridized carbons (Fsp3) is 0.812. The van der Waals surface area contributed by atoms with E-state index in [-0.39, 0.29) is 0 Å². The number of hydrogen-bond donors (Lipinski definition) is 3. The maximum Gasteiger partial charge on any atom is 0.328 e. The van der Waals surface area contributed by atoms with Crippen molar-refractivity contribution in [1.82, 2.24) is 9.80 Å². The number of aliphatic hydroxyl groups is 3. The van der Waals surface area contributed by atoms with E-state index in [9.17, 15) is 20.1 Å². The van der Waals surface area contributed by atoms with Crippen LogP contribution in [0.5, 0.6) is 0 Å². The summed E-state index contributed by atoms with van der Waals surface area (Å²) in [4.78, 5) is 15.0. The van der Waals surface area contributed by atoms with Crippen LogP contribution >= 0.6 is 0 Å². The molecule has 1 spiro atoms. The predicted molar refractivity (Wildman–Crippen MR) is 82.9 cm³/mol. The molecule has 3 fully saturated rings. The van der Waals surface area contributed by atoms with Gasteiger partial charge < -0.3 is 29.5 Å². The molecular formula is C16H24N2O7. The molecular weight excluding hydrogens is 332 g/mol. The highest BCUT2D eigenvalue weighted by molar-refractivity contribution is 5.77. The van der Waals surface area contributed by atoms with Crippen LogP contribution in [0.15, 0.2) is 12.3 Å². The van der Waals surface area contributed by atoms with Crippen molar-refractivity contribution >= 4 is 6.03 Å². The van der Waals surface area contributed by atoms with Gasteiger partial charge in [-0.25, -0.2) is 4.79 Å². The van der Waals surface area contributed by atoms with Crippen LogP contribution in [-0.4, -0.2) is 87.5 Å². The Kier molecular flexibility index (Phi) is 4.06. The topological polar surface area (TPSA) is 112 Å². The Balaban J connectivity index is 1.67. The van der Waals surface area contributed by atoms with Gasteiger partial charge in [0.2, 0.25) is 0 Å². The smallest absolute Gasteiger partial charge is 0.328 e. The summed E-state index contributed by atoms with van der Waals surface area (Å²) in [6, 6.07) is -0.457. The van der Waals surface area contributed by atoms with Crippen molar-refractivity contribution in [2.24, 2.45) is 0 Å². The molecule has 0 aromatic heterocycles. The minimum atomic E-state index is -1.34. The molecule has 2 saturated heterocycles. The first-order valence-corrected chi connectivity index (χ1v) is 8.62. The lowest BCUT2D eigenvalue weighted by molar-refractivity contribution is -0.246. The van der Waals surface area contributed by atoms with Gasteiger partial charge >= 0.3 is 6.03 Å². The molecule has 4 atom stereocenters. The van der Waals surface area contributed by atoms with Crippen molar-refractivity contribution in [1.29, 1.82) is 0 Å².